The van der Waals surface area contributed by atoms with Crippen molar-refractivity contribution in [2.75, 3.05) is 0 Å². The highest BCUT2D eigenvalue weighted by Gasteiger charge is 2.15. The smallest absolute Gasteiger partial charge is 0.163 e. The molecule has 96 valence electrons. The van der Waals surface area contributed by atoms with Crippen molar-refractivity contribution in [2.24, 2.45) is 0 Å². The Kier molecular flexibility index (Phi) is 2.53. The molecule has 0 spiro atoms. The van der Waals surface area contributed by atoms with Crippen molar-refractivity contribution in [3.05, 3.63) is 53.5 Å². The van der Waals surface area contributed by atoms with Crippen LogP contribution in [0, 0.1) is 0 Å². The standard InChI is InChI=1S/C15H8BrN3O/c16-11-6-5-10(15-18-7-17-8-19-15)13-9-3-1-2-4-12(9)20-14(11)13/h1-8H. The molecule has 4 rings (SSSR count). The molecule has 0 bridgehead atoms. The lowest BCUT2D eigenvalue weighted by atomic mass is 10.1. The van der Waals surface area contributed by atoms with Gasteiger partial charge in [0.25, 0.3) is 0 Å². The van der Waals surface area contributed by atoms with Crippen LogP contribution in [0.2, 0.25) is 0 Å². The molecule has 0 fully saturated rings. The molecular weight excluding hydrogens is 318 g/mol. The number of furan rings is 1. The number of benzene rings is 2. The monoisotopic (exact) mass is 325 g/mol. The average molecular weight is 326 g/mol. The highest BCUT2D eigenvalue weighted by Crippen LogP contribution is 2.38. The number of aromatic nitrogens is 3. The van der Waals surface area contributed by atoms with E-state index < -0.39 is 0 Å². The van der Waals surface area contributed by atoms with Gasteiger partial charge in [-0.1, -0.05) is 18.2 Å². The molecular formula is C15H8BrN3O. The lowest BCUT2D eigenvalue weighted by Gasteiger charge is -2.02. The van der Waals surface area contributed by atoms with Crippen molar-refractivity contribution in [3.8, 4) is 11.4 Å². The number of para-hydroxylation sites is 1. The van der Waals surface area contributed by atoms with E-state index in [2.05, 4.69) is 30.9 Å². The summed E-state index contributed by atoms with van der Waals surface area (Å²) >= 11 is 3.53. The zero-order chi connectivity index (χ0) is 13.5. The quantitative estimate of drug-likeness (QED) is 0.526. The average Bonchev–Trinajstić information content (AvgIpc) is 2.89. The Labute approximate surface area is 122 Å². The van der Waals surface area contributed by atoms with Crippen LogP contribution in [0.15, 0.2) is 57.9 Å². The summed E-state index contributed by atoms with van der Waals surface area (Å²) in [4.78, 5) is 12.3. The first-order chi connectivity index (χ1) is 9.84. The second-order valence-electron chi connectivity index (χ2n) is 4.36. The highest BCUT2D eigenvalue weighted by molar-refractivity contribution is 9.10. The molecule has 20 heavy (non-hydrogen) atoms. The predicted molar refractivity (Wildman–Crippen MR) is 80.2 cm³/mol. The van der Waals surface area contributed by atoms with Gasteiger partial charge in [-0.3, -0.25) is 0 Å². The first-order valence-corrected chi connectivity index (χ1v) is 6.86. The summed E-state index contributed by atoms with van der Waals surface area (Å²) in [5, 5.41) is 2.07. The van der Waals surface area contributed by atoms with E-state index in [9.17, 15) is 0 Å². The molecule has 0 N–H and O–H groups in total. The normalized spacial score (nSPS) is 11.2. The van der Waals surface area contributed by atoms with Crippen LogP contribution in [0.4, 0.5) is 0 Å². The number of hydrogen-bond acceptors (Lipinski definition) is 4. The molecule has 0 saturated carbocycles. The van der Waals surface area contributed by atoms with Gasteiger partial charge in [-0.25, -0.2) is 15.0 Å². The van der Waals surface area contributed by atoms with Crippen LogP contribution < -0.4 is 0 Å². The van der Waals surface area contributed by atoms with Crippen molar-refractivity contribution in [1.29, 1.82) is 0 Å². The lowest BCUT2D eigenvalue weighted by Crippen LogP contribution is -1.89. The van der Waals surface area contributed by atoms with Gasteiger partial charge in [0, 0.05) is 16.3 Å². The maximum absolute atomic E-state index is 5.93. The summed E-state index contributed by atoms with van der Waals surface area (Å²) in [6.07, 6.45) is 3.00. The molecule has 5 heteroatoms. The Morgan fingerprint density at radius 2 is 1.75 bits per heavy atom. The minimum absolute atomic E-state index is 0.643. The summed E-state index contributed by atoms with van der Waals surface area (Å²) in [7, 11) is 0. The van der Waals surface area contributed by atoms with E-state index in [4.69, 9.17) is 4.42 Å². The Hall–Kier alpha value is -2.27. The van der Waals surface area contributed by atoms with Gasteiger partial charge in [-0.15, -0.1) is 0 Å². The molecule has 0 saturated heterocycles. The number of hydrogen-bond donors (Lipinski definition) is 0. The molecule has 0 aliphatic heterocycles. The molecule has 0 aliphatic rings. The minimum Gasteiger partial charge on any atom is -0.455 e. The van der Waals surface area contributed by atoms with Gasteiger partial charge < -0.3 is 4.42 Å². The van der Waals surface area contributed by atoms with Crippen LogP contribution in [0.5, 0.6) is 0 Å². The Bertz CT molecular complexity index is 918. The maximum atomic E-state index is 5.93. The largest absolute Gasteiger partial charge is 0.455 e. The molecule has 2 aromatic heterocycles. The van der Waals surface area contributed by atoms with Crippen LogP contribution in [0.25, 0.3) is 33.3 Å². The van der Waals surface area contributed by atoms with E-state index in [1.54, 1.807) is 0 Å². The topological polar surface area (TPSA) is 51.8 Å². The van der Waals surface area contributed by atoms with Crippen molar-refractivity contribution in [3.63, 3.8) is 0 Å². The van der Waals surface area contributed by atoms with Gasteiger partial charge in [0.05, 0.1) is 4.47 Å². The van der Waals surface area contributed by atoms with E-state index in [0.717, 1.165) is 32.0 Å². The third-order valence-electron chi connectivity index (χ3n) is 3.21. The van der Waals surface area contributed by atoms with Crippen LogP contribution in [-0.2, 0) is 0 Å². The maximum Gasteiger partial charge on any atom is 0.163 e. The SMILES string of the molecule is Brc1ccc(-c2ncncn2)c2c1oc1ccccc12. The van der Waals surface area contributed by atoms with E-state index in [1.807, 2.05) is 36.4 Å². The molecule has 0 amide bonds. The third-order valence-corrected chi connectivity index (χ3v) is 3.84. The van der Waals surface area contributed by atoms with E-state index in [0.29, 0.717) is 5.82 Å². The lowest BCUT2D eigenvalue weighted by molar-refractivity contribution is 0.667. The van der Waals surface area contributed by atoms with Crippen molar-refractivity contribution in [2.45, 2.75) is 0 Å². The molecule has 0 unspecified atom stereocenters. The Morgan fingerprint density at radius 3 is 2.60 bits per heavy atom. The van der Waals surface area contributed by atoms with E-state index in [1.165, 1.54) is 12.7 Å². The molecule has 0 atom stereocenters. The van der Waals surface area contributed by atoms with E-state index in [-0.39, 0.29) is 0 Å². The van der Waals surface area contributed by atoms with Gasteiger partial charge in [-0.2, -0.15) is 0 Å². The highest BCUT2D eigenvalue weighted by atomic mass is 79.9. The molecule has 0 aliphatic carbocycles. The van der Waals surface area contributed by atoms with Crippen molar-refractivity contribution in [1.82, 2.24) is 15.0 Å². The van der Waals surface area contributed by atoms with Gasteiger partial charge in [0.1, 0.15) is 23.8 Å². The number of rotatable bonds is 1. The summed E-state index contributed by atoms with van der Waals surface area (Å²) < 4.78 is 6.85. The van der Waals surface area contributed by atoms with Crippen LogP contribution >= 0.6 is 15.9 Å². The predicted octanol–water partition coefficient (Wildman–Crippen LogP) is 4.20. The summed E-state index contributed by atoms with van der Waals surface area (Å²) in [5.41, 5.74) is 2.60. The number of nitrogens with zero attached hydrogens (tertiary/aromatic N) is 3. The first-order valence-electron chi connectivity index (χ1n) is 6.07. The van der Waals surface area contributed by atoms with Crippen LogP contribution in [-0.4, -0.2) is 15.0 Å². The van der Waals surface area contributed by atoms with Gasteiger partial charge in [0.15, 0.2) is 5.82 Å². The fourth-order valence-corrected chi connectivity index (χ4v) is 2.77. The fourth-order valence-electron chi connectivity index (χ4n) is 2.36. The molecule has 2 heterocycles. The Balaban J connectivity index is 2.19. The third kappa shape index (κ3) is 1.63. The number of fused-ring (bicyclic) bond motifs is 3. The van der Waals surface area contributed by atoms with Gasteiger partial charge >= 0.3 is 0 Å². The Morgan fingerprint density at radius 1 is 0.950 bits per heavy atom. The van der Waals surface area contributed by atoms with E-state index >= 15 is 0 Å². The second-order valence-corrected chi connectivity index (χ2v) is 5.21. The summed E-state index contributed by atoms with van der Waals surface area (Å²) in [6, 6.07) is 11.9. The van der Waals surface area contributed by atoms with Crippen LogP contribution in [0.3, 0.4) is 0 Å². The summed E-state index contributed by atoms with van der Waals surface area (Å²) in [6.45, 7) is 0. The fraction of sp³-hybridized carbons (Fsp3) is 0. The van der Waals surface area contributed by atoms with Gasteiger partial charge in [-0.05, 0) is 34.1 Å². The molecule has 2 aromatic carbocycles. The molecule has 4 aromatic rings. The minimum atomic E-state index is 0.643. The number of halogens is 1. The van der Waals surface area contributed by atoms with Gasteiger partial charge in [0.2, 0.25) is 0 Å². The van der Waals surface area contributed by atoms with Crippen LogP contribution in [0.1, 0.15) is 0 Å². The zero-order valence-electron chi connectivity index (χ0n) is 10.2. The second kappa shape index (κ2) is 4.38. The van der Waals surface area contributed by atoms with Crippen molar-refractivity contribution < 1.29 is 4.42 Å². The molecule has 4 nitrogen and oxygen atoms in total. The first kappa shape index (κ1) is 11.5. The molecule has 0 radical (unpaired) electrons. The zero-order valence-corrected chi connectivity index (χ0v) is 11.8. The summed E-state index contributed by atoms with van der Waals surface area (Å²) in [5.74, 6) is 0.643. The van der Waals surface area contributed by atoms with Crippen molar-refractivity contribution >= 4 is 37.9 Å².